The van der Waals surface area contributed by atoms with Crippen LogP contribution in [0.1, 0.15) is 0 Å². The lowest BCUT2D eigenvalue weighted by molar-refractivity contribution is 1.18. The first-order valence-corrected chi connectivity index (χ1v) is 14.3. The smallest absolute Gasteiger partial charge is 0.165 e. The van der Waals surface area contributed by atoms with E-state index in [1.807, 2.05) is 12.1 Å². The van der Waals surface area contributed by atoms with Crippen LogP contribution in [0.2, 0.25) is 0 Å². The Morgan fingerprint density at radius 1 is 0.452 bits per heavy atom. The summed E-state index contributed by atoms with van der Waals surface area (Å²) < 4.78 is 4.76. The van der Waals surface area contributed by atoms with E-state index in [0.717, 1.165) is 33.3 Å². The number of benzene rings is 6. The van der Waals surface area contributed by atoms with E-state index >= 15 is 0 Å². The molecule has 0 spiro atoms. The van der Waals surface area contributed by atoms with Gasteiger partial charge in [0, 0.05) is 32.6 Å². The Morgan fingerprint density at radius 3 is 1.98 bits per heavy atom. The highest BCUT2D eigenvalue weighted by Gasteiger charge is 2.25. The van der Waals surface area contributed by atoms with Crippen molar-refractivity contribution in [1.82, 2.24) is 18.9 Å². The summed E-state index contributed by atoms with van der Waals surface area (Å²) in [5.74, 6) is 0. The summed E-state index contributed by atoms with van der Waals surface area (Å²) in [6, 6.07) is 47.4. The zero-order chi connectivity index (χ0) is 27.4. The third-order valence-electron chi connectivity index (χ3n) is 8.80. The number of para-hydroxylation sites is 4. The summed E-state index contributed by atoms with van der Waals surface area (Å²) >= 11 is 0. The Balaban J connectivity index is 1.49. The molecule has 0 amide bonds. The predicted octanol–water partition coefficient (Wildman–Crippen LogP) is 9.54. The van der Waals surface area contributed by atoms with Crippen molar-refractivity contribution < 1.29 is 0 Å². The summed E-state index contributed by atoms with van der Waals surface area (Å²) in [6.45, 7) is 0. The molecule has 10 aromatic rings. The van der Waals surface area contributed by atoms with E-state index in [-0.39, 0.29) is 0 Å². The van der Waals surface area contributed by atoms with Gasteiger partial charge in [-0.15, -0.1) is 0 Å². The molecule has 0 saturated heterocycles. The molecular formula is C38H22N4. The Kier molecular flexibility index (Phi) is 4.15. The molecule has 42 heavy (non-hydrogen) atoms. The Hall–Kier alpha value is -5.74. The zero-order valence-corrected chi connectivity index (χ0v) is 22.5. The summed E-state index contributed by atoms with van der Waals surface area (Å²) in [5, 5.41) is 6.05. The fraction of sp³-hybridized carbons (Fsp3) is 0. The van der Waals surface area contributed by atoms with Gasteiger partial charge >= 0.3 is 0 Å². The van der Waals surface area contributed by atoms with Crippen LogP contribution in [0, 0.1) is 0 Å². The van der Waals surface area contributed by atoms with E-state index in [4.69, 9.17) is 9.97 Å². The molecule has 4 heteroatoms. The SMILES string of the molecule is c1ccc(-c2cc3c4ccc5c(c6ccccc6n5-c5ccccc5)c4n4c5nc6ccccc6nc5c(c2)c34)cc1. The van der Waals surface area contributed by atoms with Crippen LogP contribution < -0.4 is 0 Å². The topological polar surface area (TPSA) is 35.1 Å². The van der Waals surface area contributed by atoms with E-state index in [9.17, 15) is 0 Å². The van der Waals surface area contributed by atoms with Gasteiger partial charge in [-0.1, -0.05) is 84.9 Å². The van der Waals surface area contributed by atoms with Crippen LogP contribution >= 0.6 is 0 Å². The number of aromatic nitrogens is 4. The molecule has 0 unspecified atom stereocenters. The number of rotatable bonds is 2. The molecule has 0 bridgehead atoms. The first-order chi connectivity index (χ1) is 20.8. The highest BCUT2D eigenvalue weighted by molar-refractivity contribution is 6.31. The molecule has 4 nitrogen and oxygen atoms in total. The molecule has 10 rings (SSSR count). The summed E-state index contributed by atoms with van der Waals surface area (Å²) in [4.78, 5) is 10.5. The van der Waals surface area contributed by atoms with Crippen molar-refractivity contribution in [3.63, 3.8) is 0 Å². The van der Waals surface area contributed by atoms with Crippen LogP contribution in [-0.2, 0) is 0 Å². The molecular weight excluding hydrogens is 512 g/mol. The predicted molar refractivity (Wildman–Crippen MR) is 174 cm³/mol. The standard InChI is InChI=1S/C38H22N4/c1-3-11-23(12-4-1)24-21-28-26-19-20-33-34(27-15-7-10-18-32(27)41(33)25-13-5-2-6-14-25)37(26)42-36(28)29(22-24)35-38(42)40-31-17-9-8-16-30(31)39-35/h1-22H. The molecule has 0 saturated carbocycles. The van der Waals surface area contributed by atoms with Gasteiger partial charge in [0.25, 0.3) is 0 Å². The molecule has 0 N–H and O–H groups in total. The highest BCUT2D eigenvalue weighted by Crippen LogP contribution is 2.45. The summed E-state index contributed by atoms with van der Waals surface area (Å²) in [7, 11) is 0. The minimum absolute atomic E-state index is 0.901. The summed E-state index contributed by atoms with van der Waals surface area (Å²) in [5.41, 5.74) is 11.9. The van der Waals surface area contributed by atoms with Crippen LogP contribution in [0.25, 0.3) is 88.0 Å². The first-order valence-electron chi connectivity index (χ1n) is 14.3. The lowest BCUT2D eigenvalue weighted by Gasteiger charge is -2.07. The lowest BCUT2D eigenvalue weighted by atomic mass is 10.00. The number of nitrogens with zero attached hydrogens (tertiary/aromatic N) is 4. The van der Waals surface area contributed by atoms with Crippen molar-refractivity contribution in [2.45, 2.75) is 0 Å². The number of fused-ring (bicyclic) bond motifs is 11. The van der Waals surface area contributed by atoms with Gasteiger partial charge in [-0.05, 0) is 59.7 Å². The molecule has 4 heterocycles. The lowest BCUT2D eigenvalue weighted by Crippen LogP contribution is -1.93. The second-order valence-corrected chi connectivity index (χ2v) is 11.0. The molecule has 0 fully saturated rings. The van der Waals surface area contributed by atoms with Gasteiger partial charge in [0.05, 0.1) is 33.1 Å². The number of hydrogen-bond acceptors (Lipinski definition) is 2. The quantitative estimate of drug-likeness (QED) is 0.221. The van der Waals surface area contributed by atoms with Gasteiger partial charge in [0.1, 0.15) is 5.52 Å². The van der Waals surface area contributed by atoms with E-state index in [2.05, 4.69) is 130 Å². The van der Waals surface area contributed by atoms with Gasteiger partial charge in [0.15, 0.2) is 5.65 Å². The number of hydrogen-bond donors (Lipinski definition) is 0. The zero-order valence-electron chi connectivity index (χ0n) is 22.5. The monoisotopic (exact) mass is 534 g/mol. The van der Waals surface area contributed by atoms with Gasteiger partial charge < -0.3 is 4.57 Å². The van der Waals surface area contributed by atoms with Gasteiger partial charge in [-0.25, -0.2) is 9.97 Å². The molecule has 0 aliphatic rings. The molecule has 0 atom stereocenters. The average molecular weight is 535 g/mol. The van der Waals surface area contributed by atoms with Crippen LogP contribution in [0.3, 0.4) is 0 Å². The first kappa shape index (κ1) is 22.0. The molecule has 6 aromatic carbocycles. The van der Waals surface area contributed by atoms with E-state index < -0.39 is 0 Å². The minimum atomic E-state index is 0.901. The fourth-order valence-electron chi connectivity index (χ4n) is 7.06. The van der Waals surface area contributed by atoms with Gasteiger partial charge in [-0.3, -0.25) is 4.40 Å². The van der Waals surface area contributed by atoms with Crippen molar-refractivity contribution in [2.24, 2.45) is 0 Å². The second-order valence-electron chi connectivity index (χ2n) is 11.0. The van der Waals surface area contributed by atoms with E-state index in [0.29, 0.717) is 0 Å². The van der Waals surface area contributed by atoms with Gasteiger partial charge in [-0.2, -0.15) is 0 Å². The van der Waals surface area contributed by atoms with Crippen LogP contribution in [0.15, 0.2) is 133 Å². The van der Waals surface area contributed by atoms with Crippen LogP contribution in [0.4, 0.5) is 0 Å². The van der Waals surface area contributed by atoms with Crippen molar-refractivity contribution >= 4 is 71.2 Å². The molecule has 0 aliphatic heterocycles. The Labute approximate surface area is 240 Å². The second kappa shape index (κ2) is 7.93. The maximum Gasteiger partial charge on any atom is 0.165 e. The molecule has 0 radical (unpaired) electrons. The van der Waals surface area contributed by atoms with Crippen molar-refractivity contribution in [2.75, 3.05) is 0 Å². The van der Waals surface area contributed by atoms with E-state index in [1.54, 1.807) is 0 Å². The Bertz CT molecular complexity index is 2660. The Morgan fingerprint density at radius 2 is 1.14 bits per heavy atom. The molecule has 4 aromatic heterocycles. The maximum atomic E-state index is 5.27. The van der Waals surface area contributed by atoms with E-state index in [1.165, 1.54) is 54.7 Å². The summed E-state index contributed by atoms with van der Waals surface area (Å²) in [6.07, 6.45) is 0. The third kappa shape index (κ3) is 2.76. The molecule has 0 aliphatic carbocycles. The van der Waals surface area contributed by atoms with Crippen LogP contribution in [0.5, 0.6) is 0 Å². The van der Waals surface area contributed by atoms with Crippen molar-refractivity contribution in [3.8, 4) is 16.8 Å². The average Bonchev–Trinajstić information content (AvgIpc) is 3.68. The minimum Gasteiger partial charge on any atom is -0.309 e. The normalized spacial score (nSPS) is 12.3. The largest absolute Gasteiger partial charge is 0.309 e. The maximum absolute atomic E-state index is 5.27. The third-order valence-corrected chi connectivity index (χ3v) is 8.80. The fourth-order valence-corrected chi connectivity index (χ4v) is 7.06. The molecule has 194 valence electrons. The van der Waals surface area contributed by atoms with Crippen LogP contribution in [-0.4, -0.2) is 18.9 Å². The van der Waals surface area contributed by atoms with Gasteiger partial charge in [0.2, 0.25) is 0 Å². The van der Waals surface area contributed by atoms with Crippen molar-refractivity contribution in [1.29, 1.82) is 0 Å². The highest BCUT2D eigenvalue weighted by atomic mass is 15.0. The van der Waals surface area contributed by atoms with Crippen molar-refractivity contribution in [3.05, 3.63) is 133 Å².